The van der Waals surface area contributed by atoms with E-state index in [2.05, 4.69) is 9.71 Å². The zero-order valence-electron chi connectivity index (χ0n) is 20.5. The van der Waals surface area contributed by atoms with Crippen molar-refractivity contribution in [2.45, 2.75) is 71.5 Å². The molecule has 0 radical (unpaired) electrons. The number of aromatic nitrogens is 2. The molecule has 1 N–H and O–H groups in total. The van der Waals surface area contributed by atoms with Crippen LogP contribution in [0.2, 0.25) is 0 Å². The number of benzene rings is 1. The quantitative estimate of drug-likeness (QED) is 0.281. The van der Waals surface area contributed by atoms with Crippen LogP contribution in [0.1, 0.15) is 58.7 Å². The monoisotopic (exact) mass is 515 g/mol. The molecule has 0 spiro atoms. The van der Waals surface area contributed by atoms with Crippen molar-refractivity contribution < 1.29 is 26.5 Å². The molecule has 1 aromatic carbocycles. The van der Waals surface area contributed by atoms with Gasteiger partial charge in [-0.05, 0) is 44.4 Å². The van der Waals surface area contributed by atoms with Crippen molar-refractivity contribution in [3.8, 4) is 11.3 Å². The maximum Gasteiger partial charge on any atom is 0.417 e. The first kappa shape index (κ1) is 27.4. The Morgan fingerprint density at radius 2 is 1.63 bits per heavy atom. The molecule has 0 amide bonds. The van der Waals surface area contributed by atoms with Crippen molar-refractivity contribution in [3.63, 3.8) is 0 Å². The SMILES string of the molecule is CC(C)(C)Cn1cc([C@H](N[S+]([O-])C(C)(C)C)C(F)F)c2ccc(-c3ccccc3C(F)(F)F)nc21. The molecule has 0 aliphatic carbocycles. The summed E-state index contributed by atoms with van der Waals surface area (Å²) < 4.78 is 85.3. The molecule has 192 valence electrons. The Bertz CT molecular complexity index is 1180. The van der Waals surface area contributed by atoms with Crippen LogP contribution in [0.25, 0.3) is 22.3 Å². The molecule has 0 saturated carbocycles. The fourth-order valence-electron chi connectivity index (χ4n) is 3.72. The first-order valence-corrected chi connectivity index (χ1v) is 12.3. The van der Waals surface area contributed by atoms with Gasteiger partial charge >= 0.3 is 6.18 Å². The molecule has 2 aromatic heterocycles. The minimum Gasteiger partial charge on any atom is -0.598 e. The predicted molar refractivity (Wildman–Crippen MR) is 129 cm³/mol. The van der Waals surface area contributed by atoms with E-state index in [9.17, 15) is 26.5 Å². The smallest absolute Gasteiger partial charge is 0.417 e. The number of halogens is 5. The van der Waals surface area contributed by atoms with Crippen molar-refractivity contribution in [1.82, 2.24) is 14.3 Å². The second-order valence-corrected chi connectivity index (χ2v) is 12.7. The summed E-state index contributed by atoms with van der Waals surface area (Å²) in [6, 6.07) is 6.49. The molecule has 2 atom stereocenters. The third-order valence-electron chi connectivity index (χ3n) is 5.28. The number of rotatable bonds is 6. The summed E-state index contributed by atoms with van der Waals surface area (Å²) in [6.07, 6.45) is -5.92. The molecule has 0 aliphatic heterocycles. The highest BCUT2D eigenvalue weighted by Crippen LogP contribution is 2.38. The fourth-order valence-corrected chi connectivity index (χ4v) is 4.53. The molecule has 0 fully saturated rings. The number of alkyl halides is 5. The molecule has 0 aliphatic rings. The van der Waals surface area contributed by atoms with Gasteiger partial charge in [-0.15, -0.1) is 4.72 Å². The lowest BCUT2D eigenvalue weighted by atomic mass is 9.97. The lowest BCUT2D eigenvalue weighted by Crippen LogP contribution is -2.43. The van der Waals surface area contributed by atoms with Crippen LogP contribution < -0.4 is 4.72 Å². The van der Waals surface area contributed by atoms with E-state index in [-0.39, 0.29) is 22.2 Å². The van der Waals surface area contributed by atoms with Crippen LogP contribution in [-0.2, 0) is 24.1 Å². The average molecular weight is 516 g/mol. The number of nitrogens with one attached hydrogen (secondary N) is 1. The van der Waals surface area contributed by atoms with E-state index >= 15 is 0 Å². The number of hydrogen-bond donors (Lipinski definition) is 1. The van der Waals surface area contributed by atoms with Gasteiger partial charge in [0.15, 0.2) is 0 Å². The lowest BCUT2D eigenvalue weighted by molar-refractivity contribution is -0.137. The van der Waals surface area contributed by atoms with Gasteiger partial charge in [0.25, 0.3) is 6.43 Å². The van der Waals surface area contributed by atoms with E-state index in [0.29, 0.717) is 17.6 Å². The second kappa shape index (κ2) is 9.71. The van der Waals surface area contributed by atoms with Crippen LogP contribution in [0.15, 0.2) is 42.6 Å². The summed E-state index contributed by atoms with van der Waals surface area (Å²) in [7, 11) is 0. The van der Waals surface area contributed by atoms with Crippen molar-refractivity contribution >= 4 is 22.4 Å². The van der Waals surface area contributed by atoms with Gasteiger partial charge in [0.05, 0.1) is 11.3 Å². The Kier molecular flexibility index (Phi) is 7.60. The van der Waals surface area contributed by atoms with E-state index < -0.39 is 40.3 Å². The van der Waals surface area contributed by atoms with E-state index in [1.807, 2.05) is 20.8 Å². The standard InChI is InChI=1S/C25H30F5N3OS/c1-23(2,3)14-33-13-17(20(21(26)27)32-35(34)24(4,5)6)15-11-12-19(31-22(15)33)16-9-7-8-10-18(16)25(28,29)30/h7-13,20-21,32H,14H2,1-6H3/t20-,35?/m0/s1. The Morgan fingerprint density at radius 3 is 2.17 bits per heavy atom. The van der Waals surface area contributed by atoms with Crippen molar-refractivity contribution in [1.29, 1.82) is 0 Å². The van der Waals surface area contributed by atoms with Gasteiger partial charge in [-0.2, -0.15) is 13.2 Å². The number of pyridine rings is 1. The first-order valence-electron chi connectivity index (χ1n) is 11.1. The van der Waals surface area contributed by atoms with Crippen LogP contribution >= 0.6 is 0 Å². The highest BCUT2D eigenvalue weighted by Gasteiger charge is 2.37. The zero-order valence-corrected chi connectivity index (χ0v) is 21.3. The maximum absolute atomic E-state index is 14.2. The van der Waals surface area contributed by atoms with Crippen LogP contribution in [0, 0.1) is 5.41 Å². The van der Waals surface area contributed by atoms with Gasteiger partial charge in [0, 0.05) is 40.6 Å². The summed E-state index contributed by atoms with van der Waals surface area (Å²) in [4.78, 5) is 4.51. The maximum atomic E-state index is 14.2. The fraction of sp³-hybridized carbons (Fsp3) is 0.480. The molecular formula is C25H30F5N3OS. The number of hydrogen-bond acceptors (Lipinski definition) is 3. The van der Waals surface area contributed by atoms with E-state index in [1.165, 1.54) is 36.5 Å². The molecule has 2 heterocycles. The largest absolute Gasteiger partial charge is 0.598 e. The first-order chi connectivity index (χ1) is 16.0. The molecule has 35 heavy (non-hydrogen) atoms. The Balaban J connectivity index is 2.21. The van der Waals surface area contributed by atoms with Gasteiger partial charge in [0.1, 0.15) is 16.4 Å². The molecule has 1 unspecified atom stereocenters. The minimum absolute atomic E-state index is 0.0880. The predicted octanol–water partition coefficient (Wildman–Crippen LogP) is 7.13. The van der Waals surface area contributed by atoms with Crippen LogP contribution in [0.5, 0.6) is 0 Å². The Labute approximate surface area is 205 Å². The van der Waals surface area contributed by atoms with Gasteiger partial charge in [0.2, 0.25) is 0 Å². The van der Waals surface area contributed by atoms with Crippen LogP contribution in [0.4, 0.5) is 22.0 Å². The van der Waals surface area contributed by atoms with Gasteiger partial charge in [-0.25, -0.2) is 13.8 Å². The Morgan fingerprint density at radius 1 is 1.00 bits per heavy atom. The summed E-state index contributed by atoms with van der Waals surface area (Å²) >= 11 is -1.77. The molecule has 3 rings (SSSR count). The van der Waals surface area contributed by atoms with Crippen molar-refractivity contribution in [3.05, 3.63) is 53.7 Å². The van der Waals surface area contributed by atoms with Crippen LogP contribution in [-0.4, -0.2) is 25.3 Å². The molecule has 3 aromatic rings. The van der Waals surface area contributed by atoms with Gasteiger partial charge in [-0.1, -0.05) is 39.0 Å². The van der Waals surface area contributed by atoms with Crippen LogP contribution in [0.3, 0.4) is 0 Å². The topological polar surface area (TPSA) is 52.9 Å². The molecule has 0 bridgehead atoms. The molecule has 0 saturated heterocycles. The van der Waals surface area contributed by atoms with E-state index in [4.69, 9.17) is 0 Å². The van der Waals surface area contributed by atoms with E-state index in [0.717, 1.165) is 6.07 Å². The second-order valence-electron chi connectivity index (χ2n) is 10.7. The number of fused-ring (bicyclic) bond motifs is 1. The summed E-state index contributed by atoms with van der Waals surface area (Å²) in [5, 5.41) is 0.367. The third-order valence-corrected chi connectivity index (χ3v) is 6.86. The normalized spacial score (nSPS) is 15.1. The molecule has 10 heteroatoms. The third kappa shape index (κ3) is 6.34. The highest BCUT2D eigenvalue weighted by molar-refractivity contribution is 7.90. The Hall–Kier alpha value is -2.17. The van der Waals surface area contributed by atoms with Gasteiger partial charge < -0.3 is 9.12 Å². The lowest BCUT2D eigenvalue weighted by Gasteiger charge is -2.27. The zero-order chi connectivity index (χ0) is 26.3. The summed E-state index contributed by atoms with van der Waals surface area (Å²) in [5.74, 6) is 0. The van der Waals surface area contributed by atoms with Crippen molar-refractivity contribution in [2.75, 3.05) is 0 Å². The number of nitrogens with zero attached hydrogens (tertiary/aromatic N) is 2. The summed E-state index contributed by atoms with van der Waals surface area (Å²) in [5.41, 5.74) is -0.617. The average Bonchev–Trinajstić information content (AvgIpc) is 3.06. The van der Waals surface area contributed by atoms with Gasteiger partial charge in [-0.3, -0.25) is 0 Å². The minimum atomic E-state index is -4.58. The molecular weight excluding hydrogens is 485 g/mol. The van der Waals surface area contributed by atoms with Crippen molar-refractivity contribution in [2.24, 2.45) is 5.41 Å². The van der Waals surface area contributed by atoms with E-state index in [1.54, 1.807) is 25.3 Å². The summed E-state index contributed by atoms with van der Waals surface area (Å²) in [6.45, 7) is 11.3. The molecule has 4 nitrogen and oxygen atoms in total. The highest BCUT2D eigenvalue weighted by atomic mass is 32.2.